The average molecular weight is 330 g/mol. The molecule has 1 aliphatic carbocycles. The average Bonchev–Trinajstić information content (AvgIpc) is 2.26. The Morgan fingerprint density at radius 2 is 1.90 bits per heavy atom. The minimum absolute atomic E-state index is 0.0217. The number of alkyl halides is 3. The molecule has 0 amide bonds. The third kappa shape index (κ3) is 3.52. The molecule has 0 unspecified atom stereocenters. The zero-order valence-electron chi connectivity index (χ0n) is 11.7. The zero-order valence-corrected chi connectivity index (χ0v) is 13.3. The zero-order chi connectivity index (χ0) is 15.7. The van der Waals surface area contributed by atoms with Crippen LogP contribution in [0.1, 0.15) is 33.6 Å². The lowest BCUT2D eigenvalue weighted by molar-refractivity contribution is -0.0521. The molecule has 0 aromatic carbocycles. The van der Waals surface area contributed by atoms with Gasteiger partial charge in [-0.25, -0.2) is 0 Å². The molecule has 0 N–H and O–H groups in total. The standard InChI is InChI=1S/C12H17F3O3S2/c1-7(2)9-6-5-8(3)11(19-4)10(9)18-20(16,17)12(13,14)15/h8H,5-6H2,1-4H3/t8-/m1/s1. The van der Waals surface area contributed by atoms with Crippen LogP contribution < -0.4 is 0 Å². The molecule has 1 atom stereocenters. The van der Waals surface area contributed by atoms with Crippen molar-refractivity contribution in [2.24, 2.45) is 5.92 Å². The van der Waals surface area contributed by atoms with Gasteiger partial charge in [0.1, 0.15) is 0 Å². The Bertz CT molecular complexity index is 541. The van der Waals surface area contributed by atoms with E-state index in [0.717, 1.165) is 12.0 Å². The molecule has 116 valence electrons. The summed E-state index contributed by atoms with van der Waals surface area (Å²) in [7, 11) is -5.64. The van der Waals surface area contributed by atoms with Gasteiger partial charge in [0.25, 0.3) is 0 Å². The van der Waals surface area contributed by atoms with E-state index in [4.69, 9.17) is 0 Å². The Hall–Kier alpha value is -0.630. The maximum Gasteiger partial charge on any atom is 0.534 e. The Kier molecular flexibility index (Phi) is 5.23. The van der Waals surface area contributed by atoms with Crippen molar-refractivity contribution in [3.05, 3.63) is 21.8 Å². The van der Waals surface area contributed by atoms with Crippen LogP contribution in [-0.2, 0) is 14.3 Å². The molecule has 0 aromatic heterocycles. The van der Waals surface area contributed by atoms with E-state index in [0.29, 0.717) is 16.9 Å². The smallest absolute Gasteiger partial charge is 0.375 e. The van der Waals surface area contributed by atoms with Crippen LogP contribution in [0.4, 0.5) is 13.2 Å². The van der Waals surface area contributed by atoms with Crippen LogP contribution in [0.2, 0.25) is 0 Å². The molecule has 8 heteroatoms. The predicted octanol–water partition coefficient (Wildman–Crippen LogP) is 4.19. The van der Waals surface area contributed by atoms with Crippen LogP contribution >= 0.6 is 11.8 Å². The van der Waals surface area contributed by atoms with Gasteiger partial charge in [-0.2, -0.15) is 21.6 Å². The second kappa shape index (κ2) is 6.01. The van der Waals surface area contributed by atoms with Gasteiger partial charge in [-0.05, 0) is 44.4 Å². The SMILES string of the molecule is CSC1=C(OS(=O)(=O)C(F)(F)F)C(=C(C)C)CC[C@H]1C. The highest BCUT2D eigenvalue weighted by atomic mass is 32.2. The predicted molar refractivity (Wildman–Crippen MR) is 73.4 cm³/mol. The summed E-state index contributed by atoms with van der Waals surface area (Å²) in [6, 6.07) is 0. The summed E-state index contributed by atoms with van der Waals surface area (Å²) in [6.07, 6.45) is 2.97. The van der Waals surface area contributed by atoms with Crippen LogP contribution in [0.3, 0.4) is 0 Å². The number of hydrogen-bond acceptors (Lipinski definition) is 4. The summed E-state index contributed by atoms with van der Waals surface area (Å²) < 4.78 is 64.4. The van der Waals surface area contributed by atoms with Gasteiger partial charge in [0.2, 0.25) is 0 Å². The first-order valence-corrected chi connectivity index (χ1v) is 8.60. The van der Waals surface area contributed by atoms with E-state index in [9.17, 15) is 21.6 Å². The highest BCUT2D eigenvalue weighted by molar-refractivity contribution is 8.02. The van der Waals surface area contributed by atoms with Crippen molar-refractivity contribution in [2.45, 2.75) is 39.1 Å². The van der Waals surface area contributed by atoms with Crippen molar-refractivity contribution < 1.29 is 25.8 Å². The Balaban J connectivity index is 3.38. The van der Waals surface area contributed by atoms with Gasteiger partial charge in [0.05, 0.1) is 0 Å². The van der Waals surface area contributed by atoms with Crippen LogP contribution in [0, 0.1) is 5.92 Å². The van der Waals surface area contributed by atoms with Gasteiger partial charge >= 0.3 is 15.6 Å². The van der Waals surface area contributed by atoms with Gasteiger partial charge in [0, 0.05) is 4.91 Å². The molecule has 3 nitrogen and oxygen atoms in total. The van der Waals surface area contributed by atoms with E-state index >= 15 is 0 Å². The number of allylic oxidation sites excluding steroid dienone is 3. The molecule has 0 bridgehead atoms. The minimum Gasteiger partial charge on any atom is -0.375 e. The molecular formula is C12H17F3O3S2. The summed E-state index contributed by atoms with van der Waals surface area (Å²) in [5, 5.41) is 0. The highest BCUT2D eigenvalue weighted by Crippen LogP contribution is 2.42. The van der Waals surface area contributed by atoms with Crippen molar-refractivity contribution in [2.75, 3.05) is 6.26 Å². The summed E-state index contributed by atoms with van der Waals surface area (Å²) in [5.74, 6) is -0.167. The Labute approximate surface area is 121 Å². The van der Waals surface area contributed by atoms with Crippen molar-refractivity contribution in [3.63, 3.8) is 0 Å². The van der Waals surface area contributed by atoms with Crippen molar-refractivity contribution in [1.29, 1.82) is 0 Å². The highest BCUT2D eigenvalue weighted by Gasteiger charge is 2.49. The minimum atomic E-state index is -5.64. The molecule has 1 aliphatic rings. The maximum absolute atomic E-state index is 12.5. The normalized spacial score (nSPS) is 21.1. The second-order valence-corrected chi connectivity index (χ2v) is 7.18. The molecule has 0 heterocycles. The third-order valence-electron chi connectivity index (χ3n) is 3.07. The van der Waals surface area contributed by atoms with Gasteiger partial charge in [-0.1, -0.05) is 12.5 Å². The van der Waals surface area contributed by atoms with Crippen LogP contribution in [0.25, 0.3) is 0 Å². The van der Waals surface area contributed by atoms with Gasteiger partial charge in [-0.3, -0.25) is 0 Å². The Morgan fingerprint density at radius 1 is 1.35 bits per heavy atom. The van der Waals surface area contributed by atoms with Crippen LogP contribution in [-0.4, -0.2) is 20.2 Å². The molecule has 0 spiro atoms. The molecule has 0 fully saturated rings. The largest absolute Gasteiger partial charge is 0.534 e. The topological polar surface area (TPSA) is 43.4 Å². The lowest BCUT2D eigenvalue weighted by Crippen LogP contribution is -2.27. The molecule has 0 saturated carbocycles. The van der Waals surface area contributed by atoms with E-state index in [2.05, 4.69) is 4.18 Å². The van der Waals surface area contributed by atoms with Crippen LogP contribution in [0.5, 0.6) is 0 Å². The van der Waals surface area contributed by atoms with Crippen molar-refractivity contribution in [3.8, 4) is 0 Å². The fourth-order valence-electron chi connectivity index (χ4n) is 2.00. The van der Waals surface area contributed by atoms with E-state index in [1.54, 1.807) is 20.1 Å². The lowest BCUT2D eigenvalue weighted by atomic mass is 9.90. The molecule has 1 rings (SSSR count). The number of rotatable bonds is 3. The van der Waals surface area contributed by atoms with Gasteiger partial charge in [-0.15, -0.1) is 11.8 Å². The maximum atomic E-state index is 12.5. The second-order valence-electron chi connectivity index (χ2n) is 4.80. The summed E-state index contributed by atoms with van der Waals surface area (Å²) in [5.41, 5.74) is -4.12. The van der Waals surface area contributed by atoms with Crippen molar-refractivity contribution in [1.82, 2.24) is 0 Å². The molecule has 20 heavy (non-hydrogen) atoms. The fraction of sp³-hybridized carbons (Fsp3) is 0.667. The quantitative estimate of drug-likeness (QED) is 0.575. The first kappa shape index (κ1) is 17.4. The fourth-order valence-corrected chi connectivity index (χ4v) is 3.42. The van der Waals surface area contributed by atoms with Crippen molar-refractivity contribution >= 4 is 21.9 Å². The Morgan fingerprint density at radius 3 is 2.30 bits per heavy atom. The van der Waals surface area contributed by atoms with Gasteiger partial charge < -0.3 is 4.18 Å². The molecule has 0 aromatic rings. The number of halogens is 3. The number of hydrogen-bond donors (Lipinski definition) is 0. The first-order chi connectivity index (χ1) is 9.01. The van der Waals surface area contributed by atoms with E-state index < -0.39 is 15.6 Å². The monoisotopic (exact) mass is 330 g/mol. The van der Waals surface area contributed by atoms with E-state index in [-0.39, 0.29) is 11.7 Å². The summed E-state index contributed by atoms with van der Waals surface area (Å²) >= 11 is 1.22. The summed E-state index contributed by atoms with van der Waals surface area (Å²) in [6.45, 7) is 5.30. The van der Waals surface area contributed by atoms with Gasteiger partial charge in [0.15, 0.2) is 5.76 Å². The number of thioether (sulfide) groups is 1. The van der Waals surface area contributed by atoms with Crippen LogP contribution in [0.15, 0.2) is 21.8 Å². The van der Waals surface area contributed by atoms with E-state index in [1.807, 2.05) is 6.92 Å². The molecule has 0 aliphatic heterocycles. The summed E-state index contributed by atoms with van der Waals surface area (Å²) in [4.78, 5) is 0.542. The lowest BCUT2D eigenvalue weighted by Gasteiger charge is -2.27. The first-order valence-electron chi connectivity index (χ1n) is 5.97. The molecule has 0 saturated heterocycles. The third-order valence-corrected chi connectivity index (χ3v) is 5.05. The molecular weight excluding hydrogens is 313 g/mol. The molecule has 0 radical (unpaired) electrons. The van der Waals surface area contributed by atoms with E-state index in [1.165, 1.54) is 11.8 Å².